The smallest absolute Gasteiger partial charge is 0.274 e. The zero-order chi connectivity index (χ0) is 18.9. The molecule has 3 aliphatic rings. The summed E-state index contributed by atoms with van der Waals surface area (Å²) in [5, 5.41) is 3.35. The average Bonchev–Trinajstić information content (AvgIpc) is 3.29. The van der Waals surface area contributed by atoms with Crippen LogP contribution in [0.15, 0.2) is 24.4 Å². The van der Waals surface area contributed by atoms with Crippen LogP contribution in [0.1, 0.15) is 21.9 Å². The van der Waals surface area contributed by atoms with Gasteiger partial charge in [0.1, 0.15) is 11.5 Å². The number of aromatic nitrogens is 2. The molecule has 2 aromatic rings. The van der Waals surface area contributed by atoms with Gasteiger partial charge in [-0.15, -0.1) is 0 Å². The van der Waals surface area contributed by atoms with Crippen molar-refractivity contribution in [3.05, 3.63) is 41.5 Å². The summed E-state index contributed by atoms with van der Waals surface area (Å²) in [5.41, 5.74) is 1.79. The van der Waals surface area contributed by atoms with Crippen molar-refractivity contribution in [3.63, 3.8) is 0 Å². The molecule has 1 amide bonds. The lowest BCUT2D eigenvalue weighted by atomic mass is 10.1. The molecule has 8 nitrogen and oxygen atoms in total. The highest BCUT2D eigenvalue weighted by molar-refractivity contribution is 5.92. The summed E-state index contributed by atoms with van der Waals surface area (Å²) < 4.78 is 12.9. The Bertz CT molecular complexity index is 849. The van der Waals surface area contributed by atoms with E-state index in [0.29, 0.717) is 12.5 Å². The van der Waals surface area contributed by atoms with E-state index < -0.39 is 0 Å². The molecule has 5 rings (SSSR count). The van der Waals surface area contributed by atoms with Gasteiger partial charge in [-0.1, -0.05) is 6.07 Å². The van der Waals surface area contributed by atoms with Crippen molar-refractivity contribution in [2.45, 2.75) is 19.5 Å². The fourth-order valence-corrected chi connectivity index (χ4v) is 4.04. The number of imidazole rings is 1. The molecule has 0 bridgehead atoms. The van der Waals surface area contributed by atoms with Gasteiger partial charge in [0.05, 0.1) is 0 Å². The summed E-state index contributed by atoms with van der Waals surface area (Å²) in [6.07, 6.45) is 2.79. The third-order valence-electron chi connectivity index (χ3n) is 5.64. The third-order valence-corrected chi connectivity index (χ3v) is 5.64. The number of benzene rings is 1. The molecule has 148 valence electrons. The molecule has 28 heavy (non-hydrogen) atoms. The van der Waals surface area contributed by atoms with E-state index >= 15 is 0 Å². The van der Waals surface area contributed by atoms with Crippen LogP contribution in [0.5, 0.6) is 11.5 Å². The minimum Gasteiger partial charge on any atom is -0.454 e. The van der Waals surface area contributed by atoms with Crippen molar-refractivity contribution >= 4 is 5.91 Å². The molecule has 1 aromatic carbocycles. The van der Waals surface area contributed by atoms with Crippen LogP contribution in [0.3, 0.4) is 0 Å². The van der Waals surface area contributed by atoms with Crippen molar-refractivity contribution in [2.24, 2.45) is 0 Å². The van der Waals surface area contributed by atoms with Crippen molar-refractivity contribution in [1.29, 1.82) is 0 Å². The Morgan fingerprint density at radius 3 is 2.82 bits per heavy atom. The predicted octanol–water partition coefficient (Wildman–Crippen LogP) is 0.716. The van der Waals surface area contributed by atoms with Crippen LogP contribution in [-0.4, -0.2) is 71.3 Å². The first-order chi connectivity index (χ1) is 13.8. The van der Waals surface area contributed by atoms with Crippen molar-refractivity contribution in [3.8, 4) is 11.5 Å². The topological polar surface area (TPSA) is 71.9 Å². The Morgan fingerprint density at radius 1 is 1.07 bits per heavy atom. The second kappa shape index (κ2) is 7.44. The molecule has 0 radical (unpaired) electrons. The van der Waals surface area contributed by atoms with E-state index in [9.17, 15) is 4.79 Å². The van der Waals surface area contributed by atoms with E-state index in [1.165, 1.54) is 5.56 Å². The molecule has 1 fully saturated rings. The number of carbonyl (C=O) groups excluding carboxylic acids is 1. The van der Waals surface area contributed by atoms with Gasteiger partial charge in [-0.2, -0.15) is 0 Å². The number of hydrogen-bond acceptors (Lipinski definition) is 6. The number of ether oxygens (including phenoxy) is 2. The van der Waals surface area contributed by atoms with Crippen molar-refractivity contribution in [2.75, 3.05) is 46.1 Å². The van der Waals surface area contributed by atoms with E-state index in [1.54, 1.807) is 0 Å². The number of carbonyl (C=O) groups is 1. The first kappa shape index (κ1) is 17.5. The lowest BCUT2D eigenvalue weighted by Crippen LogP contribution is -2.48. The molecular formula is C20H25N5O3. The number of amides is 1. The molecule has 1 aromatic heterocycles. The van der Waals surface area contributed by atoms with Crippen LogP contribution in [0.4, 0.5) is 0 Å². The van der Waals surface area contributed by atoms with Gasteiger partial charge in [-0.05, 0) is 17.7 Å². The lowest BCUT2D eigenvalue weighted by molar-refractivity contribution is 0.0623. The first-order valence-corrected chi connectivity index (χ1v) is 9.93. The number of rotatable bonds is 3. The molecule has 4 heterocycles. The maximum absolute atomic E-state index is 12.9. The highest BCUT2D eigenvalue weighted by Gasteiger charge is 2.25. The Kier molecular flexibility index (Phi) is 4.66. The molecule has 0 spiro atoms. The molecule has 0 saturated carbocycles. The van der Waals surface area contributed by atoms with Crippen LogP contribution in [0.2, 0.25) is 0 Å². The number of nitrogens with one attached hydrogen (secondary N) is 1. The molecule has 0 atom stereocenters. The standard InChI is InChI=1S/C20H25N5O3/c26-20(16-13-25-6-5-21-4-3-19(25)22-16)24-9-7-23(8-10-24)12-15-1-2-17-18(11-15)28-14-27-17/h1-2,11,13,21H,3-10,12,14H2. The quantitative estimate of drug-likeness (QED) is 0.842. The van der Waals surface area contributed by atoms with Gasteiger partial charge in [0.15, 0.2) is 11.5 Å². The molecule has 8 heteroatoms. The maximum Gasteiger partial charge on any atom is 0.274 e. The number of fused-ring (bicyclic) bond motifs is 2. The number of hydrogen-bond donors (Lipinski definition) is 1. The number of piperazine rings is 1. The highest BCUT2D eigenvalue weighted by Crippen LogP contribution is 2.32. The minimum atomic E-state index is 0.0521. The van der Waals surface area contributed by atoms with E-state index in [0.717, 1.165) is 76.1 Å². The maximum atomic E-state index is 12.9. The van der Waals surface area contributed by atoms with Crippen LogP contribution in [0.25, 0.3) is 0 Å². The van der Waals surface area contributed by atoms with Gasteiger partial charge in [0, 0.05) is 65.0 Å². The van der Waals surface area contributed by atoms with Crippen molar-refractivity contribution < 1.29 is 14.3 Å². The molecule has 0 aliphatic carbocycles. The normalized spacial score (nSPS) is 19.4. The summed E-state index contributed by atoms with van der Waals surface area (Å²) in [6, 6.07) is 6.10. The summed E-state index contributed by atoms with van der Waals surface area (Å²) in [4.78, 5) is 21.8. The Morgan fingerprint density at radius 2 is 1.93 bits per heavy atom. The van der Waals surface area contributed by atoms with E-state index in [4.69, 9.17) is 9.47 Å². The van der Waals surface area contributed by atoms with E-state index in [-0.39, 0.29) is 5.91 Å². The molecule has 3 aliphatic heterocycles. The Labute approximate surface area is 164 Å². The van der Waals surface area contributed by atoms with Crippen molar-refractivity contribution in [1.82, 2.24) is 24.7 Å². The fraction of sp³-hybridized carbons (Fsp3) is 0.500. The molecule has 1 saturated heterocycles. The SMILES string of the molecule is O=C(c1cn2c(n1)CCNCC2)N1CCN(Cc2ccc3c(c2)OCO3)CC1. The zero-order valence-corrected chi connectivity index (χ0v) is 15.9. The van der Waals surface area contributed by atoms with Crippen LogP contribution < -0.4 is 14.8 Å². The zero-order valence-electron chi connectivity index (χ0n) is 15.9. The highest BCUT2D eigenvalue weighted by atomic mass is 16.7. The van der Waals surface area contributed by atoms with Crippen LogP contribution in [-0.2, 0) is 19.5 Å². The number of nitrogens with zero attached hydrogens (tertiary/aromatic N) is 4. The lowest BCUT2D eigenvalue weighted by Gasteiger charge is -2.34. The fourth-order valence-electron chi connectivity index (χ4n) is 4.04. The second-order valence-electron chi connectivity index (χ2n) is 7.49. The van der Waals surface area contributed by atoms with Gasteiger partial charge in [0.25, 0.3) is 5.91 Å². The monoisotopic (exact) mass is 383 g/mol. The Balaban J connectivity index is 1.18. The minimum absolute atomic E-state index is 0.0521. The van der Waals surface area contributed by atoms with E-state index in [1.807, 2.05) is 23.2 Å². The summed E-state index contributed by atoms with van der Waals surface area (Å²) in [5.74, 6) is 2.69. The summed E-state index contributed by atoms with van der Waals surface area (Å²) >= 11 is 0. The predicted molar refractivity (Wildman–Crippen MR) is 103 cm³/mol. The van der Waals surface area contributed by atoms with Gasteiger partial charge in [-0.3, -0.25) is 9.69 Å². The Hall–Kier alpha value is -2.58. The first-order valence-electron chi connectivity index (χ1n) is 9.93. The third kappa shape index (κ3) is 3.45. The van der Waals surface area contributed by atoms with Crippen LogP contribution in [0, 0.1) is 0 Å². The van der Waals surface area contributed by atoms with Gasteiger partial charge >= 0.3 is 0 Å². The summed E-state index contributed by atoms with van der Waals surface area (Å²) in [6.45, 7) is 7.05. The summed E-state index contributed by atoms with van der Waals surface area (Å²) in [7, 11) is 0. The van der Waals surface area contributed by atoms with E-state index in [2.05, 4.69) is 25.8 Å². The van der Waals surface area contributed by atoms with Gasteiger partial charge < -0.3 is 24.3 Å². The largest absolute Gasteiger partial charge is 0.454 e. The average molecular weight is 383 g/mol. The van der Waals surface area contributed by atoms with Gasteiger partial charge in [0.2, 0.25) is 6.79 Å². The van der Waals surface area contributed by atoms with Crippen LogP contribution >= 0.6 is 0 Å². The molecular weight excluding hydrogens is 358 g/mol. The second-order valence-corrected chi connectivity index (χ2v) is 7.49. The molecule has 1 N–H and O–H groups in total. The van der Waals surface area contributed by atoms with Gasteiger partial charge in [-0.25, -0.2) is 4.98 Å². The molecule has 0 unspecified atom stereocenters.